The summed E-state index contributed by atoms with van der Waals surface area (Å²) < 4.78 is 0. The molecule has 132 valence electrons. The van der Waals surface area contributed by atoms with Gasteiger partial charge in [0, 0.05) is 37.6 Å². The standard InChI is InChI=1S/C19H29N3OS/c1-2-3-4-8-21-10-12-22(13-11-21)9-7-16-5-6-17-18(14-16)24-15-19(23)20-17/h5-6,14H,2-4,7-13,15H2,1H3,(H,20,23). The number of hydrogen-bond acceptors (Lipinski definition) is 4. The summed E-state index contributed by atoms with van der Waals surface area (Å²) in [6.07, 6.45) is 5.11. The molecule has 0 radical (unpaired) electrons. The Hall–Kier alpha value is -1.04. The fourth-order valence-corrected chi connectivity index (χ4v) is 4.25. The third-order valence-corrected chi connectivity index (χ3v) is 5.99. The summed E-state index contributed by atoms with van der Waals surface area (Å²) in [5, 5.41) is 2.94. The van der Waals surface area contributed by atoms with Gasteiger partial charge in [0.15, 0.2) is 0 Å². The molecule has 1 fully saturated rings. The van der Waals surface area contributed by atoms with Gasteiger partial charge in [0.25, 0.3) is 0 Å². The lowest BCUT2D eigenvalue weighted by Crippen LogP contribution is -2.47. The smallest absolute Gasteiger partial charge is 0.234 e. The van der Waals surface area contributed by atoms with Crippen molar-refractivity contribution in [2.24, 2.45) is 0 Å². The molecule has 0 atom stereocenters. The van der Waals surface area contributed by atoms with Crippen LogP contribution in [0.3, 0.4) is 0 Å². The van der Waals surface area contributed by atoms with E-state index in [4.69, 9.17) is 0 Å². The van der Waals surface area contributed by atoms with Crippen molar-refractivity contribution in [2.45, 2.75) is 37.5 Å². The normalized spacial score (nSPS) is 19.1. The second-order valence-corrected chi connectivity index (χ2v) is 7.82. The predicted molar refractivity (Wildman–Crippen MR) is 102 cm³/mol. The van der Waals surface area contributed by atoms with E-state index in [0.29, 0.717) is 5.75 Å². The van der Waals surface area contributed by atoms with Gasteiger partial charge in [-0.1, -0.05) is 25.8 Å². The summed E-state index contributed by atoms with van der Waals surface area (Å²) in [6.45, 7) is 9.51. The summed E-state index contributed by atoms with van der Waals surface area (Å²) in [5.74, 6) is 0.647. The monoisotopic (exact) mass is 347 g/mol. The Labute approximate surface area is 150 Å². The minimum Gasteiger partial charge on any atom is -0.324 e. The average molecular weight is 348 g/mol. The summed E-state index contributed by atoms with van der Waals surface area (Å²) >= 11 is 1.65. The second kappa shape index (κ2) is 8.88. The highest BCUT2D eigenvalue weighted by Gasteiger charge is 2.17. The maximum atomic E-state index is 11.4. The quantitative estimate of drug-likeness (QED) is 0.769. The van der Waals surface area contributed by atoms with Crippen molar-refractivity contribution in [3.8, 4) is 0 Å². The van der Waals surface area contributed by atoms with Crippen LogP contribution in [0.1, 0.15) is 31.7 Å². The SMILES string of the molecule is CCCCCN1CCN(CCc2ccc3c(c2)SCC(=O)N3)CC1. The number of thioether (sulfide) groups is 1. The van der Waals surface area contributed by atoms with Gasteiger partial charge in [-0.15, -0.1) is 11.8 Å². The lowest BCUT2D eigenvalue weighted by atomic mass is 10.1. The van der Waals surface area contributed by atoms with Crippen molar-refractivity contribution in [2.75, 3.05) is 50.3 Å². The number of amides is 1. The van der Waals surface area contributed by atoms with Gasteiger partial charge in [0.2, 0.25) is 5.91 Å². The van der Waals surface area contributed by atoms with Crippen molar-refractivity contribution in [1.82, 2.24) is 9.80 Å². The minimum atomic E-state index is 0.108. The number of nitrogens with zero attached hydrogens (tertiary/aromatic N) is 2. The number of anilines is 1. The fourth-order valence-electron chi connectivity index (χ4n) is 3.38. The Morgan fingerprint density at radius 3 is 2.58 bits per heavy atom. The molecule has 0 unspecified atom stereocenters. The van der Waals surface area contributed by atoms with Crippen molar-refractivity contribution < 1.29 is 4.79 Å². The summed E-state index contributed by atoms with van der Waals surface area (Å²) in [6, 6.07) is 6.47. The van der Waals surface area contributed by atoms with E-state index in [9.17, 15) is 4.79 Å². The highest BCUT2D eigenvalue weighted by Crippen LogP contribution is 2.32. The van der Waals surface area contributed by atoms with E-state index in [1.165, 1.54) is 62.4 Å². The van der Waals surface area contributed by atoms with Gasteiger partial charge >= 0.3 is 0 Å². The van der Waals surface area contributed by atoms with Crippen LogP contribution in [0.25, 0.3) is 0 Å². The molecule has 4 nitrogen and oxygen atoms in total. The summed E-state index contributed by atoms with van der Waals surface area (Å²) in [4.78, 5) is 17.8. The molecule has 1 N–H and O–H groups in total. The number of piperazine rings is 1. The van der Waals surface area contributed by atoms with Crippen LogP contribution in [0.2, 0.25) is 0 Å². The van der Waals surface area contributed by atoms with E-state index in [1.807, 2.05) is 0 Å². The molecule has 1 aromatic carbocycles. The molecule has 0 aliphatic carbocycles. The van der Waals surface area contributed by atoms with Crippen molar-refractivity contribution in [1.29, 1.82) is 0 Å². The maximum absolute atomic E-state index is 11.4. The summed E-state index contributed by atoms with van der Waals surface area (Å²) in [5.41, 5.74) is 2.35. The Balaban J connectivity index is 1.41. The first-order chi connectivity index (χ1) is 11.7. The molecule has 2 heterocycles. The van der Waals surface area contributed by atoms with Gasteiger partial charge in [-0.25, -0.2) is 0 Å². The first-order valence-electron chi connectivity index (χ1n) is 9.25. The molecule has 0 spiro atoms. The molecule has 0 saturated carbocycles. The third-order valence-electron chi connectivity index (χ3n) is 4.94. The molecule has 0 aromatic heterocycles. The molecule has 5 heteroatoms. The van der Waals surface area contributed by atoms with Gasteiger partial charge in [0.05, 0.1) is 11.4 Å². The van der Waals surface area contributed by atoms with E-state index < -0.39 is 0 Å². The maximum Gasteiger partial charge on any atom is 0.234 e. The zero-order chi connectivity index (χ0) is 16.8. The third kappa shape index (κ3) is 4.98. The van der Waals surface area contributed by atoms with Gasteiger partial charge in [-0.05, 0) is 37.1 Å². The van der Waals surface area contributed by atoms with E-state index >= 15 is 0 Å². The Kier molecular flexibility index (Phi) is 6.58. The summed E-state index contributed by atoms with van der Waals surface area (Å²) in [7, 11) is 0. The van der Waals surface area contributed by atoms with E-state index in [1.54, 1.807) is 11.8 Å². The van der Waals surface area contributed by atoms with Crippen LogP contribution in [0, 0.1) is 0 Å². The van der Waals surface area contributed by atoms with Gasteiger partial charge in [-0.2, -0.15) is 0 Å². The number of unbranched alkanes of at least 4 members (excludes halogenated alkanes) is 2. The lowest BCUT2D eigenvalue weighted by Gasteiger charge is -2.34. The number of fused-ring (bicyclic) bond motifs is 1. The molecule has 0 bridgehead atoms. The van der Waals surface area contributed by atoms with Gasteiger partial charge < -0.3 is 15.1 Å². The van der Waals surface area contributed by atoms with Crippen LogP contribution in [-0.2, 0) is 11.2 Å². The Morgan fingerprint density at radius 2 is 1.83 bits per heavy atom. The number of nitrogens with one attached hydrogen (secondary N) is 1. The number of rotatable bonds is 7. The average Bonchev–Trinajstić information content (AvgIpc) is 2.61. The zero-order valence-corrected chi connectivity index (χ0v) is 15.5. The van der Waals surface area contributed by atoms with Gasteiger partial charge in [0.1, 0.15) is 0 Å². The van der Waals surface area contributed by atoms with Crippen molar-refractivity contribution >= 4 is 23.4 Å². The van der Waals surface area contributed by atoms with Crippen molar-refractivity contribution in [3.63, 3.8) is 0 Å². The molecule has 1 saturated heterocycles. The largest absolute Gasteiger partial charge is 0.324 e. The van der Waals surface area contributed by atoms with Crippen LogP contribution in [0.4, 0.5) is 5.69 Å². The Morgan fingerprint density at radius 1 is 1.08 bits per heavy atom. The van der Waals surface area contributed by atoms with Crippen LogP contribution >= 0.6 is 11.8 Å². The predicted octanol–water partition coefficient (Wildman–Crippen LogP) is 3.08. The van der Waals surface area contributed by atoms with Crippen molar-refractivity contribution in [3.05, 3.63) is 23.8 Å². The zero-order valence-electron chi connectivity index (χ0n) is 14.7. The van der Waals surface area contributed by atoms with Crippen LogP contribution in [-0.4, -0.2) is 60.7 Å². The van der Waals surface area contributed by atoms with E-state index in [-0.39, 0.29) is 5.91 Å². The molecule has 1 amide bonds. The van der Waals surface area contributed by atoms with E-state index in [2.05, 4.69) is 40.2 Å². The van der Waals surface area contributed by atoms with Gasteiger partial charge in [-0.3, -0.25) is 4.79 Å². The highest BCUT2D eigenvalue weighted by atomic mass is 32.2. The second-order valence-electron chi connectivity index (χ2n) is 6.81. The number of benzene rings is 1. The number of carbonyl (C=O) groups is 1. The first-order valence-corrected chi connectivity index (χ1v) is 10.2. The lowest BCUT2D eigenvalue weighted by molar-refractivity contribution is -0.113. The Bertz CT molecular complexity index is 556. The first kappa shape index (κ1) is 17.8. The minimum absolute atomic E-state index is 0.108. The topological polar surface area (TPSA) is 35.6 Å². The number of carbonyl (C=O) groups excluding carboxylic acids is 1. The van der Waals surface area contributed by atoms with Crippen LogP contribution in [0.5, 0.6) is 0 Å². The highest BCUT2D eigenvalue weighted by molar-refractivity contribution is 8.00. The van der Waals surface area contributed by atoms with Crippen LogP contribution < -0.4 is 5.32 Å². The van der Waals surface area contributed by atoms with E-state index in [0.717, 1.165) is 18.7 Å². The molecule has 2 aliphatic rings. The molecule has 2 aliphatic heterocycles. The fraction of sp³-hybridized carbons (Fsp3) is 0.632. The molecule has 3 rings (SSSR count). The number of hydrogen-bond donors (Lipinski definition) is 1. The molecular formula is C19H29N3OS. The molecule has 1 aromatic rings. The van der Waals surface area contributed by atoms with Crippen LogP contribution in [0.15, 0.2) is 23.1 Å². The molecular weight excluding hydrogens is 318 g/mol. The molecule has 24 heavy (non-hydrogen) atoms.